The molecule has 7 nitrogen and oxygen atoms in total. The molecule has 2 aromatic rings. The second-order valence-corrected chi connectivity index (χ2v) is 8.44. The van der Waals surface area contributed by atoms with Gasteiger partial charge in [-0.15, -0.1) is 0 Å². The number of rotatable bonds is 6. The molecule has 27 heavy (non-hydrogen) atoms. The molecular weight excluding hydrogens is 366 g/mol. The first kappa shape index (κ1) is 20.6. The molecule has 0 heterocycles. The lowest BCUT2D eigenvalue weighted by Crippen LogP contribution is -2.33. The van der Waals surface area contributed by atoms with Crippen molar-refractivity contribution in [2.45, 2.75) is 18.7 Å². The van der Waals surface area contributed by atoms with Gasteiger partial charge in [-0.25, -0.2) is 12.7 Å². The quantitative estimate of drug-likeness (QED) is 0.789. The van der Waals surface area contributed by atoms with Crippen molar-refractivity contribution in [3.63, 3.8) is 0 Å². The van der Waals surface area contributed by atoms with Crippen LogP contribution in [-0.4, -0.2) is 45.2 Å². The van der Waals surface area contributed by atoms with Gasteiger partial charge in [0.2, 0.25) is 15.9 Å². The van der Waals surface area contributed by atoms with Crippen LogP contribution in [0.4, 0.5) is 5.69 Å². The van der Waals surface area contributed by atoms with E-state index in [1.807, 2.05) is 26.0 Å². The smallest absolute Gasteiger partial charge is 0.251 e. The number of nitrogens with one attached hydrogen (secondary N) is 2. The Morgan fingerprint density at radius 2 is 1.63 bits per heavy atom. The van der Waals surface area contributed by atoms with Gasteiger partial charge in [0.05, 0.1) is 11.4 Å². The van der Waals surface area contributed by atoms with Gasteiger partial charge >= 0.3 is 0 Å². The average Bonchev–Trinajstić information content (AvgIpc) is 2.63. The van der Waals surface area contributed by atoms with Crippen LogP contribution in [0, 0.1) is 13.8 Å². The number of nitrogens with zero attached hydrogens (tertiary/aromatic N) is 1. The molecular formula is C19H23N3O4S. The molecule has 0 fully saturated rings. The van der Waals surface area contributed by atoms with E-state index in [4.69, 9.17) is 0 Å². The summed E-state index contributed by atoms with van der Waals surface area (Å²) in [5, 5.41) is 5.28. The van der Waals surface area contributed by atoms with Crippen LogP contribution >= 0.6 is 0 Å². The number of amides is 2. The summed E-state index contributed by atoms with van der Waals surface area (Å²) in [5.41, 5.74) is 3.00. The Morgan fingerprint density at radius 3 is 2.22 bits per heavy atom. The Hall–Kier alpha value is -2.71. The van der Waals surface area contributed by atoms with E-state index in [9.17, 15) is 18.0 Å². The Balaban J connectivity index is 1.97. The Labute approximate surface area is 159 Å². The number of carbonyl (C=O) groups excluding carboxylic acids is 2. The number of hydrogen-bond acceptors (Lipinski definition) is 4. The summed E-state index contributed by atoms with van der Waals surface area (Å²) in [4.78, 5) is 24.3. The molecule has 0 atom stereocenters. The molecule has 2 N–H and O–H groups in total. The average molecular weight is 389 g/mol. The van der Waals surface area contributed by atoms with Gasteiger partial charge in [0.15, 0.2) is 0 Å². The Kier molecular flexibility index (Phi) is 6.35. The Bertz CT molecular complexity index is 951. The van der Waals surface area contributed by atoms with Gasteiger partial charge in [-0.2, -0.15) is 0 Å². The predicted molar refractivity (Wildman–Crippen MR) is 104 cm³/mol. The molecule has 0 aliphatic carbocycles. The topological polar surface area (TPSA) is 95.6 Å². The molecule has 8 heteroatoms. The van der Waals surface area contributed by atoms with E-state index in [1.54, 1.807) is 6.07 Å². The van der Waals surface area contributed by atoms with Crippen molar-refractivity contribution in [2.24, 2.45) is 0 Å². The van der Waals surface area contributed by atoms with E-state index >= 15 is 0 Å². The van der Waals surface area contributed by atoms with Crippen molar-refractivity contribution in [3.8, 4) is 0 Å². The van der Waals surface area contributed by atoms with Gasteiger partial charge in [-0.1, -0.05) is 12.1 Å². The van der Waals surface area contributed by atoms with Crippen LogP contribution in [0.5, 0.6) is 0 Å². The first-order valence-corrected chi connectivity index (χ1v) is 9.74. The normalized spacial score (nSPS) is 11.3. The third-order valence-electron chi connectivity index (χ3n) is 4.18. The maximum Gasteiger partial charge on any atom is 0.251 e. The zero-order valence-corrected chi connectivity index (χ0v) is 16.6. The molecule has 0 aromatic heterocycles. The van der Waals surface area contributed by atoms with Crippen LogP contribution in [0.1, 0.15) is 21.5 Å². The molecule has 0 aliphatic rings. The van der Waals surface area contributed by atoms with Crippen molar-refractivity contribution in [1.82, 2.24) is 9.62 Å². The van der Waals surface area contributed by atoms with E-state index in [0.29, 0.717) is 5.69 Å². The SMILES string of the molecule is Cc1cccc(NC(=O)CNC(=O)c2ccc(S(=O)(=O)N(C)C)cc2)c1C. The minimum absolute atomic E-state index is 0.0942. The monoisotopic (exact) mass is 389 g/mol. The predicted octanol–water partition coefficient (Wildman–Crippen LogP) is 1.92. The summed E-state index contributed by atoms with van der Waals surface area (Å²) in [7, 11) is -0.680. The summed E-state index contributed by atoms with van der Waals surface area (Å²) < 4.78 is 25.1. The zero-order chi connectivity index (χ0) is 20.2. The van der Waals surface area contributed by atoms with Crippen LogP contribution in [-0.2, 0) is 14.8 Å². The largest absolute Gasteiger partial charge is 0.343 e. The van der Waals surface area contributed by atoms with Crippen LogP contribution in [0.25, 0.3) is 0 Å². The van der Waals surface area contributed by atoms with Gasteiger partial charge in [0.25, 0.3) is 5.91 Å². The highest BCUT2D eigenvalue weighted by Crippen LogP contribution is 2.17. The van der Waals surface area contributed by atoms with E-state index in [2.05, 4.69) is 10.6 Å². The minimum Gasteiger partial charge on any atom is -0.343 e. The minimum atomic E-state index is -3.55. The van der Waals surface area contributed by atoms with E-state index < -0.39 is 15.9 Å². The van der Waals surface area contributed by atoms with Crippen LogP contribution in [0.3, 0.4) is 0 Å². The van der Waals surface area contributed by atoms with Crippen LogP contribution < -0.4 is 10.6 Å². The summed E-state index contributed by atoms with van der Waals surface area (Å²) in [6.45, 7) is 3.67. The fraction of sp³-hybridized carbons (Fsp3) is 0.263. The molecule has 2 aromatic carbocycles. The first-order chi connectivity index (χ1) is 12.6. The van der Waals surface area contributed by atoms with Crippen molar-refractivity contribution in [3.05, 3.63) is 59.2 Å². The molecule has 0 bridgehead atoms. The van der Waals surface area contributed by atoms with Crippen molar-refractivity contribution in [2.75, 3.05) is 26.0 Å². The van der Waals surface area contributed by atoms with Crippen molar-refractivity contribution >= 4 is 27.5 Å². The third-order valence-corrected chi connectivity index (χ3v) is 6.01. The molecule has 144 valence electrons. The summed E-state index contributed by atoms with van der Waals surface area (Å²) >= 11 is 0. The number of benzene rings is 2. The lowest BCUT2D eigenvalue weighted by Gasteiger charge is -2.12. The Morgan fingerprint density at radius 1 is 1.00 bits per heavy atom. The van der Waals surface area contributed by atoms with Crippen molar-refractivity contribution < 1.29 is 18.0 Å². The fourth-order valence-electron chi connectivity index (χ4n) is 2.33. The third kappa shape index (κ3) is 4.93. The highest BCUT2D eigenvalue weighted by Gasteiger charge is 2.17. The standard InChI is InChI=1S/C19H23N3O4S/c1-13-6-5-7-17(14(13)2)21-18(23)12-20-19(24)15-8-10-16(11-9-15)27(25,26)22(3)4/h5-11H,12H2,1-4H3,(H,20,24)(H,21,23). The second kappa shape index (κ2) is 8.32. The van der Waals surface area contributed by atoms with Crippen molar-refractivity contribution in [1.29, 1.82) is 0 Å². The first-order valence-electron chi connectivity index (χ1n) is 8.30. The number of hydrogen-bond donors (Lipinski definition) is 2. The molecule has 0 saturated heterocycles. The maximum absolute atomic E-state index is 12.2. The zero-order valence-electron chi connectivity index (χ0n) is 15.7. The van der Waals surface area contributed by atoms with Gasteiger partial charge in [-0.3, -0.25) is 9.59 Å². The highest BCUT2D eigenvalue weighted by molar-refractivity contribution is 7.89. The van der Waals surface area contributed by atoms with Gasteiger partial charge in [-0.05, 0) is 55.3 Å². The van der Waals surface area contributed by atoms with Crippen LogP contribution in [0.15, 0.2) is 47.4 Å². The summed E-state index contributed by atoms with van der Waals surface area (Å²) in [5.74, 6) is -0.802. The number of aryl methyl sites for hydroxylation is 1. The fourth-order valence-corrected chi connectivity index (χ4v) is 3.23. The molecule has 0 spiro atoms. The molecule has 2 amide bonds. The molecule has 2 rings (SSSR count). The maximum atomic E-state index is 12.2. The van der Waals surface area contributed by atoms with Crippen LogP contribution in [0.2, 0.25) is 0 Å². The molecule has 0 aliphatic heterocycles. The van der Waals surface area contributed by atoms with E-state index in [0.717, 1.165) is 15.4 Å². The van der Waals surface area contributed by atoms with Gasteiger partial charge < -0.3 is 10.6 Å². The number of anilines is 1. The van der Waals surface area contributed by atoms with Gasteiger partial charge in [0, 0.05) is 25.3 Å². The summed E-state index contributed by atoms with van der Waals surface area (Å²) in [6, 6.07) is 11.1. The lowest BCUT2D eigenvalue weighted by molar-refractivity contribution is -0.115. The van der Waals surface area contributed by atoms with E-state index in [1.165, 1.54) is 38.4 Å². The summed E-state index contributed by atoms with van der Waals surface area (Å²) in [6.07, 6.45) is 0. The second-order valence-electron chi connectivity index (χ2n) is 6.29. The molecule has 0 unspecified atom stereocenters. The van der Waals surface area contributed by atoms with E-state index in [-0.39, 0.29) is 22.9 Å². The number of carbonyl (C=O) groups is 2. The molecule has 0 saturated carbocycles. The van der Waals surface area contributed by atoms with Gasteiger partial charge in [0.1, 0.15) is 0 Å². The number of sulfonamides is 1. The lowest BCUT2D eigenvalue weighted by atomic mass is 10.1. The molecule has 0 radical (unpaired) electrons. The highest BCUT2D eigenvalue weighted by atomic mass is 32.2.